The van der Waals surface area contributed by atoms with Crippen LogP contribution in [0.15, 0.2) is 53.0 Å². The number of rotatable bonds is 7. The highest BCUT2D eigenvalue weighted by atomic mass is 79.9. The van der Waals surface area contributed by atoms with Gasteiger partial charge < -0.3 is 14.8 Å². The molecule has 0 aliphatic carbocycles. The van der Waals surface area contributed by atoms with Gasteiger partial charge in [0, 0.05) is 4.47 Å². The quantitative estimate of drug-likeness (QED) is 0.747. The second kappa shape index (κ2) is 8.58. The van der Waals surface area contributed by atoms with E-state index in [1.807, 2.05) is 55.5 Å². The van der Waals surface area contributed by atoms with E-state index in [1.54, 1.807) is 6.92 Å². The third kappa shape index (κ3) is 5.94. The lowest BCUT2D eigenvalue weighted by Crippen LogP contribution is -2.38. The molecule has 1 unspecified atom stereocenters. The number of halogens is 1. The van der Waals surface area contributed by atoms with Crippen LogP contribution in [0.2, 0.25) is 0 Å². The average molecular weight is 378 g/mol. The molecule has 0 aliphatic heterocycles. The Morgan fingerprint density at radius 3 is 2.35 bits per heavy atom. The fraction of sp³-hybridized carbons (Fsp3) is 0.278. The Morgan fingerprint density at radius 1 is 1.09 bits per heavy atom. The Balaban J connectivity index is 1.69. The number of aryl methyl sites for hydroxylation is 1. The second-order valence-corrected chi connectivity index (χ2v) is 6.08. The summed E-state index contributed by atoms with van der Waals surface area (Å²) >= 11 is 3.36. The van der Waals surface area contributed by atoms with Crippen molar-refractivity contribution in [3.8, 4) is 11.5 Å². The lowest BCUT2D eigenvalue weighted by atomic mass is 10.2. The summed E-state index contributed by atoms with van der Waals surface area (Å²) in [5.41, 5.74) is 1.18. The van der Waals surface area contributed by atoms with Crippen LogP contribution < -0.4 is 14.8 Å². The van der Waals surface area contributed by atoms with E-state index in [9.17, 15) is 4.79 Å². The van der Waals surface area contributed by atoms with Gasteiger partial charge in [0.2, 0.25) is 0 Å². The molecule has 2 aromatic rings. The van der Waals surface area contributed by atoms with Gasteiger partial charge in [0.25, 0.3) is 5.91 Å². The van der Waals surface area contributed by atoms with Gasteiger partial charge in [-0.25, -0.2) is 0 Å². The highest BCUT2D eigenvalue weighted by Crippen LogP contribution is 2.17. The van der Waals surface area contributed by atoms with Gasteiger partial charge in [-0.3, -0.25) is 4.79 Å². The zero-order chi connectivity index (χ0) is 16.7. The first kappa shape index (κ1) is 17.3. The summed E-state index contributed by atoms with van der Waals surface area (Å²) in [5.74, 6) is 1.29. The van der Waals surface area contributed by atoms with Crippen LogP contribution in [0.25, 0.3) is 0 Å². The van der Waals surface area contributed by atoms with E-state index >= 15 is 0 Å². The van der Waals surface area contributed by atoms with Crippen molar-refractivity contribution in [1.82, 2.24) is 5.32 Å². The predicted molar refractivity (Wildman–Crippen MR) is 93.9 cm³/mol. The molecule has 0 bridgehead atoms. The maximum atomic E-state index is 12.0. The molecule has 1 N–H and O–H groups in total. The molecule has 23 heavy (non-hydrogen) atoms. The van der Waals surface area contributed by atoms with Gasteiger partial charge in [-0.15, -0.1) is 0 Å². The van der Waals surface area contributed by atoms with Crippen molar-refractivity contribution in [1.29, 1.82) is 0 Å². The lowest BCUT2D eigenvalue weighted by Gasteiger charge is -2.15. The Labute approximate surface area is 144 Å². The fourth-order valence-corrected chi connectivity index (χ4v) is 2.16. The molecule has 0 saturated heterocycles. The summed E-state index contributed by atoms with van der Waals surface area (Å²) < 4.78 is 12.1. The minimum atomic E-state index is -0.560. The number of ether oxygens (including phenoxy) is 2. The van der Waals surface area contributed by atoms with Crippen LogP contribution in [-0.2, 0) is 4.79 Å². The maximum Gasteiger partial charge on any atom is 0.260 e. The highest BCUT2D eigenvalue weighted by Gasteiger charge is 2.13. The van der Waals surface area contributed by atoms with Crippen LogP contribution in [0.5, 0.6) is 11.5 Å². The zero-order valence-corrected chi connectivity index (χ0v) is 14.8. The third-order valence-corrected chi connectivity index (χ3v) is 3.72. The Hall–Kier alpha value is -2.01. The minimum absolute atomic E-state index is 0.166. The Morgan fingerprint density at radius 2 is 1.70 bits per heavy atom. The van der Waals surface area contributed by atoms with Gasteiger partial charge in [0.05, 0.1) is 6.54 Å². The molecule has 0 fully saturated rings. The number of benzene rings is 2. The van der Waals surface area contributed by atoms with E-state index in [0.717, 1.165) is 10.2 Å². The molecule has 0 radical (unpaired) electrons. The van der Waals surface area contributed by atoms with Crippen LogP contribution in [0, 0.1) is 6.92 Å². The molecule has 0 aliphatic rings. The van der Waals surface area contributed by atoms with E-state index in [0.29, 0.717) is 18.9 Å². The van der Waals surface area contributed by atoms with Crippen molar-refractivity contribution < 1.29 is 14.3 Å². The molecule has 0 heterocycles. The van der Waals surface area contributed by atoms with Gasteiger partial charge in [-0.1, -0.05) is 33.6 Å². The molecule has 4 nitrogen and oxygen atoms in total. The van der Waals surface area contributed by atoms with Gasteiger partial charge >= 0.3 is 0 Å². The normalized spacial score (nSPS) is 11.6. The van der Waals surface area contributed by atoms with Crippen molar-refractivity contribution in [3.63, 3.8) is 0 Å². The van der Waals surface area contributed by atoms with E-state index in [4.69, 9.17) is 9.47 Å². The van der Waals surface area contributed by atoms with Crippen LogP contribution >= 0.6 is 15.9 Å². The third-order valence-electron chi connectivity index (χ3n) is 3.19. The first-order chi connectivity index (χ1) is 11.0. The van der Waals surface area contributed by atoms with E-state index in [2.05, 4.69) is 21.2 Å². The fourth-order valence-electron chi connectivity index (χ4n) is 1.89. The smallest absolute Gasteiger partial charge is 0.260 e. The first-order valence-electron chi connectivity index (χ1n) is 7.44. The van der Waals surface area contributed by atoms with E-state index in [-0.39, 0.29) is 5.91 Å². The molecule has 2 aromatic carbocycles. The Bertz CT molecular complexity index is 626. The van der Waals surface area contributed by atoms with Gasteiger partial charge in [0.1, 0.15) is 18.1 Å². The topological polar surface area (TPSA) is 47.6 Å². The van der Waals surface area contributed by atoms with Crippen molar-refractivity contribution in [2.45, 2.75) is 20.0 Å². The van der Waals surface area contributed by atoms with Crippen molar-refractivity contribution in [3.05, 3.63) is 58.6 Å². The largest absolute Gasteiger partial charge is 0.492 e. The standard InChI is InChI=1S/C18H20BrNO3/c1-13-3-7-16(8-4-13)22-12-11-20-18(21)14(2)23-17-9-5-15(19)6-10-17/h3-10,14H,11-12H2,1-2H3,(H,20,21). The number of hydrogen-bond acceptors (Lipinski definition) is 3. The number of nitrogens with one attached hydrogen (secondary N) is 1. The number of carbonyl (C=O) groups is 1. The van der Waals surface area contributed by atoms with Crippen molar-refractivity contribution in [2.75, 3.05) is 13.2 Å². The van der Waals surface area contributed by atoms with Crippen LogP contribution in [-0.4, -0.2) is 25.2 Å². The summed E-state index contributed by atoms with van der Waals surface area (Å²) in [6.45, 7) is 4.59. The predicted octanol–water partition coefficient (Wildman–Crippen LogP) is 3.72. The highest BCUT2D eigenvalue weighted by molar-refractivity contribution is 9.10. The van der Waals surface area contributed by atoms with Crippen molar-refractivity contribution in [2.24, 2.45) is 0 Å². The van der Waals surface area contributed by atoms with Crippen LogP contribution in [0.3, 0.4) is 0 Å². The van der Waals surface area contributed by atoms with Gasteiger partial charge in [-0.2, -0.15) is 0 Å². The van der Waals surface area contributed by atoms with E-state index in [1.165, 1.54) is 5.56 Å². The summed E-state index contributed by atoms with van der Waals surface area (Å²) in [5, 5.41) is 2.80. The minimum Gasteiger partial charge on any atom is -0.492 e. The van der Waals surface area contributed by atoms with E-state index < -0.39 is 6.10 Å². The maximum absolute atomic E-state index is 12.0. The second-order valence-electron chi connectivity index (χ2n) is 5.17. The SMILES string of the molecule is Cc1ccc(OCCNC(=O)C(C)Oc2ccc(Br)cc2)cc1. The van der Waals surface area contributed by atoms with Gasteiger partial charge in [0.15, 0.2) is 6.10 Å². The summed E-state index contributed by atoms with van der Waals surface area (Å²) in [6.07, 6.45) is -0.560. The Kier molecular flexibility index (Phi) is 6.47. The number of hydrogen-bond donors (Lipinski definition) is 1. The van der Waals surface area contributed by atoms with Gasteiger partial charge in [-0.05, 0) is 50.2 Å². The molecular formula is C18H20BrNO3. The first-order valence-corrected chi connectivity index (χ1v) is 8.23. The molecule has 1 atom stereocenters. The molecule has 0 aromatic heterocycles. The number of amides is 1. The van der Waals surface area contributed by atoms with Crippen molar-refractivity contribution >= 4 is 21.8 Å². The summed E-state index contributed by atoms with van der Waals surface area (Å²) in [4.78, 5) is 12.0. The molecule has 0 spiro atoms. The van der Waals surface area contributed by atoms with Crippen LogP contribution in [0.1, 0.15) is 12.5 Å². The lowest BCUT2D eigenvalue weighted by molar-refractivity contribution is -0.127. The summed E-state index contributed by atoms with van der Waals surface area (Å²) in [7, 11) is 0. The molecule has 2 rings (SSSR count). The number of carbonyl (C=O) groups excluding carboxylic acids is 1. The monoisotopic (exact) mass is 377 g/mol. The molecule has 1 amide bonds. The van der Waals surface area contributed by atoms with Crippen LogP contribution in [0.4, 0.5) is 0 Å². The zero-order valence-electron chi connectivity index (χ0n) is 13.2. The molecule has 5 heteroatoms. The molecule has 0 saturated carbocycles. The summed E-state index contributed by atoms with van der Waals surface area (Å²) in [6, 6.07) is 15.2. The molecular weight excluding hydrogens is 358 g/mol. The average Bonchev–Trinajstić information content (AvgIpc) is 2.55. The molecule has 122 valence electrons.